The van der Waals surface area contributed by atoms with Gasteiger partial charge in [-0.15, -0.1) is 0 Å². The fraction of sp³-hybridized carbons (Fsp3) is 0.667. The van der Waals surface area contributed by atoms with E-state index >= 15 is 0 Å². The Balaban J connectivity index is 2.01. The minimum Gasteiger partial charge on any atom is -0.493 e. The molecule has 0 saturated carbocycles. The van der Waals surface area contributed by atoms with E-state index in [0.29, 0.717) is 5.92 Å². The van der Waals surface area contributed by atoms with Crippen LogP contribution in [-0.4, -0.2) is 11.7 Å². The van der Waals surface area contributed by atoms with Crippen molar-refractivity contribution in [3.8, 4) is 5.75 Å². The van der Waals surface area contributed by atoms with Crippen molar-refractivity contribution in [2.45, 2.75) is 64.9 Å². The molecule has 0 amide bonds. The third-order valence-corrected chi connectivity index (χ3v) is 4.45. The summed E-state index contributed by atoms with van der Waals surface area (Å²) in [6, 6.07) is 6.11. The zero-order valence-electron chi connectivity index (χ0n) is 12.9. The van der Waals surface area contributed by atoms with Gasteiger partial charge in [0.15, 0.2) is 0 Å². The number of aliphatic hydroxyl groups excluding tert-OH is 1. The van der Waals surface area contributed by atoms with Crippen LogP contribution in [0.4, 0.5) is 0 Å². The van der Waals surface area contributed by atoms with Gasteiger partial charge in [0.2, 0.25) is 0 Å². The first-order chi connectivity index (χ1) is 9.76. The second-order valence-corrected chi connectivity index (χ2v) is 5.96. The minimum atomic E-state index is -0.302. The van der Waals surface area contributed by atoms with Crippen molar-refractivity contribution in [1.29, 1.82) is 0 Å². The van der Waals surface area contributed by atoms with Crippen molar-refractivity contribution in [2.24, 2.45) is 5.92 Å². The molecule has 0 aromatic heterocycles. The molecule has 0 saturated heterocycles. The van der Waals surface area contributed by atoms with Gasteiger partial charge in [0.05, 0.1) is 12.7 Å². The van der Waals surface area contributed by atoms with E-state index in [1.807, 2.05) is 12.1 Å². The van der Waals surface area contributed by atoms with Crippen LogP contribution in [0.15, 0.2) is 18.2 Å². The third-order valence-electron chi connectivity index (χ3n) is 4.45. The van der Waals surface area contributed by atoms with Gasteiger partial charge in [-0.1, -0.05) is 45.2 Å². The molecule has 0 spiro atoms. The van der Waals surface area contributed by atoms with E-state index in [-0.39, 0.29) is 6.10 Å². The molecule has 2 atom stereocenters. The summed E-state index contributed by atoms with van der Waals surface area (Å²) in [7, 11) is 0. The van der Waals surface area contributed by atoms with Crippen molar-refractivity contribution in [1.82, 2.24) is 0 Å². The fourth-order valence-corrected chi connectivity index (χ4v) is 3.03. The molecular weight excluding hydrogens is 248 g/mol. The summed E-state index contributed by atoms with van der Waals surface area (Å²) in [5, 5.41) is 10.1. The van der Waals surface area contributed by atoms with Crippen LogP contribution in [0.25, 0.3) is 0 Å². The van der Waals surface area contributed by atoms with Gasteiger partial charge in [0.25, 0.3) is 0 Å². The van der Waals surface area contributed by atoms with E-state index in [4.69, 9.17) is 4.74 Å². The molecule has 1 aliphatic carbocycles. The molecule has 1 aromatic carbocycles. The molecule has 0 bridgehead atoms. The van der Waals surface area contributed by atoms with Gasteiger partial charge in [-0.3, -0.25) is 0 Å². The summed E-state index contributed by atoms with van der Waals surface area (Å²) < 4.78 is 6.09. The van der Waals surface area contributed by atoms with E-state index < -0.39 is 0 Å². The lowest BCUT2D eigenvalue weighted by Gasteiger charge is -2.24. The fourth-order valence-electron chi connectivity index (χ4n) is 3.03. The molecule has 1 aliphatic rings. The molecule has 0 radical (unpaired) electrons. The van der Waals surface area contributed by atoms with Gasteiger partial charge >= 0.3 is 0 Å². The summed E-state index contributed by atoms with van der Waals surface area (Å²) in [5.41, 5.74) is 2.31. The predicted molar refractivity (Wildman–Crippen MR) is 83.1 cm³/mol. The Labute approximate surface area is 123 Å². The van der Waals surface area contributed by atoms with Gasteiger partial charge in [-0.05, 0) is 48.8 Å². The summed E-state index contributed by atoms with van der Waals surface area (Å²) in [6.45, 7) is 5.29. The molecule has 0 fully saturated rings. The molecule has 2 nitrogen and oxygen atoms in total. The van der Waals surface area contributed by atoms with Crippen LogP contribution in [0.2, 0.25) is 0 Å². The van der Waals surface area contributed by atoms with Crippen molar-refractivity contribution in [3.63, 3.8) is 0 Å². The van der Waals surface area contributed by atoms with Gasteiger partial charge in [0.1, 0.15) is 5.75 Å². The Morgan fingerprint density at radius 3 is 2.95 bits per heavy atom. The van der Waals surface area contributed by atoms with Crippen LogP contribution < -0.4 is 4.74 Å². The summed E-state index contributed by atoms with van der Waals surface area (Å²) in [4.78, 5) is 0. The Hall–Kier alpha value is -1.02. The summed E-state index contributed by atoms with van der Waals surface area (Å²) >= 11 is 0. The van der Waals surface area contributed by atoms with Crippen LogP contribution in [0.1, 0.15) is 69.6 Å². The first-order valence-corrected chi connectivity index (χ1v) is 8.18. The molecular formula is C18H28O2. The summed E-state index contributed by atoms with van der Waals surface area (Å²) in [5.74, 6) is 1.65. The lowest BCUT2D eigenvalue weighted by molar-refractivity contribution is 0.154. The monoisotopic (exact) mass is 276 g/mol. The molecule has 0 aliphatic heterocycles. The molecule has 2 unspecified atom stereocenters. The van der Waals surface area contributed by atoms with Crippen molar-refractivity contribution in [2.75, 3.05) is 6.61 Å². The van der Waals surface area contributed by atoms with E-state index in [2.05, 4.69) is 19.9 Å². The van der Waals surface area contributed by atoms with Crippen LogP contribution in [0.3, 0.4) is 0 Å². The predicted octanol–water partition coefficient (Wildman–Crippen LogP) is 4.65. The van der Waals surface area contributed by atoms with E-state index in [0.717, 1.165) is 37.2 Å². The highest BCUT2D eigenvalue weighted by atomic mass is 16.5. The second kappa shape index (κ2) is 7.68. The third kappa shape index (κ3) is 3.76. The quantitative estimate of drug-likeness (QED) is 0.785. The minimum absolute atomic E-state index is 0.302. The number of benzene rings is 1. The molecule has 2 rings (SSSR count). The van der Waals surface area contributed by atoms with Gasteiger partial charge in [0, 0.05) is 0 Å². The van der Waals surface area contributed by atoms with Crippen molar-refractivity contribution >= 4 is 0 Å². The normalized spacial score (nSPS) is 19.4. The highest BCUT2D eigenvalue weighted by Crippen LogP contribution is 2.35. The number of hydrogen-bond acceptors (Lipinski definition) is 2. The van der Waals surface area contributed by atoms with Gasteiger partial charge < -0.3 is 9.84 Å². The first-order valence-electron chi connectivity index (χ1n) is 8.18. The van der Waals surface area contributed by atoms with Crippen LogP contribution in [0, 0.1) is 5.92 Å². The number of hydrogen-bond donors (Lipinski definition) is 1. The van der Waals surface area contributed by atoms with Crippen LogP contribution in [-0.2, 0) is 6.42 Å². The lowest BCUT2D eigenvalue weighted by atomic mass is 9.89. The molecule has 1 N–H and O–H groups in total. The Bertz CT molecular complexity index is 414. The summed E-state index contributed by atoms with van der Waals surface area (Å²) in [6.07, 6.45) is 7.64. The highest BCUT2D eigenvalue weighted by molar-refractivity contribution is 5.42. The largest absolute Gasteiger partial charge is 0.493 e. The standard InChI is InChI=1S/C18H28O2/c1-3-5-8-14(4-2)13-20-18-12-7-9-15-16(18)10-6-11-17(15)19/h7,9,12,14,17,19H,3-6,8,10-11,13H2,1-2H3. The average molecular weight is 276 g/mol. The maximum absolute atomic E-state index is 10.1. The van der Waals surface area contributed by atoms with Gasteiger partial charge in [-0.2, -0.15) is 0 Å². The maximum atomic E-state index is 10.1. The Morgan fingerprint density at radius 1 is 1.35 bits per heavy atom. The Morgan fingerprint density at radius 2 is 2.20 bits per heavy atom. The smallest absolute Gasteiger partial charge is 0.122 e. The second-order valence-electron chi connectivity index (χ2n) is 5.96. The van der Waals surface area contributed by atoms with Gasteiger partial charge in [-0.25, -0.2) is 0 Å². The van der Waals surface area contributed by atoms with Crippen molar-refractivity contribution in [3.05, 3.63) is 29.3 Å². The number of unbranched alkanes of at least 4 members (excludes halogenated alkanes) is 1. The zero-order valence-corrected chi connectivity index (χ0v) is 12.9. The van der Waals surface area contributed by atoms with Crippen LogP contribution in [0.5, 0.6) is 5.75 Å². The number of rotatable bonds is 7. The van der Waals surface area contributed by atoms with E-state index in [9.17, 15) is 5.11 Å². The highest BCUT2D eigenvalue weighted by Gasteiger charge is 2.21. The maximum Gasteiger partial charge on any atom is 0.122 e. The molecule has 1 aromatic rings. The average Bonchev–Trinajstić information content (AvgIpc) is 2.48. The Kier molecular flexibility index (Phi) is 5.90. The zero-order chi connectivity index (χ0) is 14.4. The number of aliphatic hydroxyl groups is 1. The lowest BCUT2D eigenvalue weighted by Crippen LogP contribution is -2.15. The van der Waals surface area contributed by atoms with E-state index in [1.165, 1.54) is 31.2 Å². The SMILES string of the molecule is CCCCC(CC)COc1cccc2c1CCCC2O. The molecule has 112 valence electrons. The molecule has 2 heteroatoms. The molecule has 20 heavy (non-hydrogen) atoms. The van der Waals surface area contributed by atoms with Crippen molar-refractivity contribution < 1.29 is 9.84 Å². The van der Waals surface area contributed by atoms with Crippen LogP contribution >= 0.6 is 0 Å². The molecule has 0 heterocycles. The number of ether oxygens (including phenoxy) is 1. The number of fused-ring (bicyclic) bond motifs is 1. The van der Waals surface area contributed by atoms with E-state index in [1.54, 1.807) is 0 Å². The first kappa shape index (κ1) is 15.4. The topological polar surface area (TPSA) is 29.5 Å².